The highest BCUT2D eigenvalue weighted by Crippen LogP contribution is 2.22. The van der Waals surface area contributed by atoms with Crippen molar-refractivity contribution in [2.24, 2.45) is 0 Å². The number of nitrogens with one attached hydrogen (secondary N) is 2. The molecule has 0 radical (unpaired) electrons. The van der Waals surface area contributed by atoms with Gasteiger partial charge < -0.3 is 10.6 Å². The minimum Gasteiger partial charge on any atom is -0.374 e. The van der Waals surface area contributed by atoms with E-state index in [1.165, 1.54) is 12.1 Å². The van der Waals surface area contributed by atoms with Crippen molar-refractivity contribution in [3.8, 4) is 0 Å². The van der Waals surface area contributed by atoms with Gasteiger partial charge in [0.05, 0.1) is 4.92 Å². The SMILES string of the molecule is Cc1cc([N+](=O)[O-])ccc1NC(C)C(=O)NC1CC1. The number of nitro benzene ring substituents is 1. The second-order valence-electron chi connectivity index (χ2n) is 4.91. The van der Waals surface area contributed by atoms with Crippen LogP contribution in [0.1, 0.15) is 25.3 Å². The van der Waals surface area contributed by atoms with Gasteiger partial charge in [-0.05, 0) is 38.3 Å². The highest BCUT2D eigenvalue weighted by Gasteiger charge is 2.25. The molecule has 1 aromatic carbocycles. The van der Waals surface area contributed by atoms with Gasteiger partial charge in [0.1, 0.15) is 6.04 Å². The summed E-state index contributed by atoms with van der Waals surface area (Å²) in [5.41, 5.74) is 1.54. The number of hydrogen-bond donors (Lipinski definition) is 2. The van der Waals surface area contributed by atoms with E-state index in [-0.39, 0.29) is 17.6 Å². The number of anilines is 1. The number of nitrogens with zero attached hydrogens (tertiary/aromatic N) is 1. The van der Waals surface area contributed by atoms with Crippen LogP contribution >= 0.6 is 0 Å². The highest BCUT2D eigenvalue weighted by atomic mass is 16.6. The van der Waals surface area contributed by atoms with Gasteiger partial charge >= 0.3 is 0 Å². The van der Waals surface area contributed by atoms with Crippen LogP contribution in [-0.4, -0.2) is 22.9 Å². The molecule has 0 spiro atoms. The summed E-state index contributed by atoms with van der Waals surface area (Å²) < 4.78 is 0. The van der Waals surface area contributed by atoms with Crippen LogP contribution in [0, 0.1) is 17.0 Å². The molecule has 0 bridgehead atoms. The van der Waals surface area contributed by atoms with Gasteiger partial charge in [-0.1, -0.05) is 0 Å². The van der Waals surface area contributed by atoms with Gasteiger partial charge in [0, 0.05) is 23.9 Å². The minimum atomic E-state index is -0.431. The van der Waals surface area contributed by atoms with E-state index in [2.05, 4.69) is 10.6 Å². The average molecular weight is 263 g/mol. The van der Waals surface area contributed by atoms with E-state index in [0.717, 1.165) is 24.1 Å². The number of carbonyl (C=O) groups is 1. The summed E-state index contributed by atoms with van der Waals surface area (Å²) in [6.45, 7) is 3.55. The first kappa shape index (κ1) is 13.3. The van der Waals surface area contributed by atoms with Crippen LogP contribution in [0.3, 0.4) is 0 Å². The quantitative estimate of drug-likeness (QED) is 0.628. The van der Waals surface area contributed by atoms with Crippen molar-refractivity contribution in [2.75, 3.05) is 5.32 Å². The maximum Gasteiger partial charge on any atom is 0.269 e. The van der Waals surface area contributed by atoms with Crippen LogP contribution < -0.4 is 10.6 Å². The van der Waals surface area contributed by atoms with Gasteiger partial charge in [0.15, 0.2) is 0 Å². The van der Waals surface area contributed by atoms with Gasteiger partial charge in [-0.15, -0.1) is 0 Å². The Labute approximate surface area is 111 Å². The number of aryl methyl sites for hydroxylation is 1. The Kier molecular flexibility index (Phi) is 3.69. The van der Waals surface area contributed by atoms with E-state index in [4.69, 9.17) is 0 Å². The molecule has 1 aliphatic rings. The largest absolute Gasteiger partial charge is 0.374 e. The maximum absolute atomic E-state index is 11.8. The van der Waals surface area contributed by atoms with Crippen LogP contribution in [0.5, 0.6) is 0 Å². The third-order valence-corrected chi connectivity index (χ3v) is 3.11. The predicted octanol–water partition coefficient (Wildman–Crippen LogP) is 1.98. The summed E-state index contributed by atoms with van der Waals surface area (Å²) >= 11 is 0. The smallest absolute Gasteiger partial charge is 0.269 e. The Morgan fingerprint density at radius 2 is 2.16 bits per heavy atom. The molecule has 1 fully saturated rings. The summed E-state index contributed by atoms with van der Waals surface area (Å²) in [5.74, 6) is -0.0414. The van der Waals surface area contributed by atoms with Crippen molar-refractivity contribution in [1.29, 1.82) is 0 Å². The van der Waals surface area contributed by atoms with E-state index in [1.807, 2.05) is 0 Å². The molecule has 1 unspecified atom stereocenters. The zero-order chi connectivity index (χ0) is 14.0. The fourth-order valence-electron chi connectivity index (χ4n) is 1.78. The van der Waals surface area contributed by atoms with Crippen molar-refractivity contribution in [2.45, 2.75) is 38.8 Å². The zero-order valence-electron chi connectivity index (χ0n) is 11.0. The molecule has 6 heteroatoms. The first-order chi connectivity index (χ1) is 8.97. The van der Waals surface area contributed by atoms with Gasteiger partial charge in [-0.25, -0.2) is 0 Å². The third kappa shape index (κ3) is 3.43. The topological polar surface area (TPSA) is 84.3 Å². The van der Waals surface area contributed by atoms with Crippen LogP contribution in [0.4, 0.5) is 11.4 Å². The van der Waals surface area contributed by atoms with Crippen LogP contribution in [0.25, 0.3) is 0 Å². The molecule has 1 saturated carbocycles. The molecule has 6 nitrogen and oxygen atoms in total. The number of non-ortho nitro benzene ring substituents is 1. The van der Waals surface area contributed by atoms with E-state index in [1.54, 1.807) is 19.9 Å². The molecule has 1 amide bonds. The molecule has 2 rings (SSSR count). The van der Waals surface area contributed by atoms with E-state index in [9.17, 15) is 14.9 Å². The molecule has 1 aliphatic carbocycles. The highest BCUT2D eigenvalue weighted by molar-refractivity contribution is 5.85. The van der Waals surface area contributed by atoms with E-state index >= 15 is 0 Å². The van der Waals surface area contributed by atoms with Gasteiger partial charge in [0.25, 0.3) is 5.69 Å². The maximum atomic E-state index is 11.8. The Morgan fingerprint density at radius 3 is 2.68 bits per heavy atom. The average Bonchev–Trinajstić information content (AvgIpc) is 3.15. The van der Waals surface area contributed by atoms with Crippen molar-refractivity contribution in [3.05, 3.63) is 33.9 Å². The second kappa shape index (κ2) is 5.26. The molecule has 2 N–H and O–H groups in total. The number of carbonyl (C=O) groups excluding carboxylic acids is 1. The zero-order valence-corrected chi connectivity index (χ0v) is 11.0. The van der Waals surface area contributed by atoms with Crippen molar-refractivity contribution in [3.63, 3.8) is 0 Å². The lowest BCUT2D eigenvalue weighted by Gasteiger charge is -2.16. The molecule has 1 atom stereocenters. The monoisotopic (exact) mass is 263 g/mol. The molecule has 102 valence electrons. The molecular formula is C13H17N3O3. The van der Waals surface area contributed by atoms with E-state index in [0.29, 0.717) is 6.04 Å². The third-order valence-electron chi connectivity index (χ3n) is 3.11. The normalized spacial score (nSPS) is 15.7. The fourth-order valence-corrected chi connectivity index (χ4v) is 1.78. The summed E-state index contributed by atoms with van der Waals surface area (Å²) in [4.78, 5) is 22.0. The van der Waals surface area contributed by atoms with Crippen LogP contribution in [-0.2, 0) is 4.79 Å². The lowest BCUT2D eigenvalue weighted by Crippen LogP contribution is -2.38. The van der Waals surface area contributed by atoms with E-state index < -0.39 is 4.92 Å². The minimum absolute atomic E-state index is 0.0414. The number of benzene rings is 1. The van der Waals surface area contributed by atoms with Gasteiger partial charge in [-0.2, -0.15) is 0 Å². The number of amides is 1. The lowest BCUT2D eigenvalue weighted by molar-refractivity contribution is -0.384. The predicted molar refractivity (Wildman–Crippen MR) is 72.1 cm³/mol. The molecule has 0 heterocycles. The summed E-state index contributed by atoms with van der Waals surface area (Å²) in [7, 11) is 0. The lowest BCUT2D eigenvalue weighted by atomic mass is 10.1. The Hall–Kier alpha value is -2.11. The van der Waals surface area contributed by atoms with Crippen molar-refractivity contribution >= 4 is 17.3 Å². The Bertz CT molecular complexity index is 512. The first-order valence-corrected chi connectivity index (χ1v) is 6.29. The molecule has 0 aromatic heterocycles. The Balaban J connectivity index is 2.01. The first-order valence-electron chi connectivity index (χ1n) is 6.29. The molecule has 0 aliphatic heterocycles. The molecular weight excluding hydrogens is 246 g/mol. The number of nitro groups is 1. The summed E-state index contributed by atoms with van der Waals surface area (Å²) in [5, 5.41) is 16.6. The van der Waals surface area contributed by atoms with Crippen molar-refractivity contribution in [1.82, 2.24) is 5.32 Å². The number of rotatable bonds is 5. The van der Waals surface area contributed by atoms with Gasteiger partial charge in [0.2, 0.25) is 5.91 Å². The van der Waals surface area contributed by atoms with Gasteiger partial charge in [-0.3, -0.25) is 14.9 Å². The summed E-state index contributed by atoms with van der Waals surface area (Å²) in [6, 6.07) is 4.53. The van der Waals surface area contributed by atoms with Crippen LogP contribution in [0.15, 0.2) is 18.2 Å². The standard InChI is InChI=1S/C13H17N3O3/c1-8-7-11(16(18)19)5-6-12(8)14-9(2)13(17)15-10-3-4-10/h5-7,9-10,14H,3-4H2,1-2H3,(H,15,17). The van der Waals surface area contributed by atoms with Crippen LogP contribution in [0.2, 0.25) is 0 Å². The summed E-state index contributed by atoms with van der Waals surface area (Å²) in [6.07, 6.45) is 2.10. The Morgan fingerprint density at radius 1 is 1.47 bits per heavy atom. The van der Waals surface area contributed by atoms with Crippen molar-refractivity contribution < 1.29 is 9.72 Å². The molecule has 19 heavy (non-hydrogen) atoms. The second-order valence-corrected chi connectivity index (χ2v) is 4.91. The fraction of sp³-hybridized carbons (Fsp3) is 0.462. The molecule has 1 aromatic rings. The molecule has 0 saturated heterocycles. The number of hydrogen-bond acceptors (Lipinski definition) is 4.